The summed E-state index contributed by atoms with van der Waals surface area (Å²) < 4.78 is 2.32. The van der Waals surface area contributed by atoms with E-state index in [9.17, 15) is 4.79 Å². The van der Waals surface area contributed by atoms with Gasteiger partial charge in [-0.15, -0.1) is 0 Å². The number of benzene rings is 1. The summed E-state index contributed by atoms with van der Waals surface area (Å²) in [6.45, 7) is 10.2. The van der Waals surface area contributed by atoms with Gasteiger partial charge in [-0.05, 0) is 43.3 Å². The molecule has 0 saturated heterocycles. The highest BCUT2D eigenvalue weighted by molar-refractivity contribution is 5.94. The van der Waals surface area contributed by atoms with Crippen molar-refractivity contribution in [2.45, 2.75) is 40.2 Å². The molecule has 1 aromatic carbocycles. The lowest BCUT2D eigenvalue weighted by Crippen LogP contribution is -2.27. The summed E-state index contributed by atoms with van der Waals surface area (Å²) in [5.74, 6) is 0.828. The van der Waals surface area contributed by atoms with Gasteiger partial charge in [0.1, 0.15) is 12.4 Å². The van der Waals surface area contributed by atoms with Gasteiger partial charge in [-0.2, -0.15) is 0 Å². The number of hydrogen-bond acceptors (Lipinski definition) is 4. The van der Waals surface area contributed by atoms with Crippen molar-refractivity contribution in [3.8, 4) is 0 Å². The summed E-state index contributed by atoms with van der Waals surface area (Å²) in [5, 5.41) is 8.81. The molecule has 1 N–H and O–H groups in total. The second kappa shape index (κ2) is 9.49. The molecule has 5 nitrogen and oxygen atoms in total. The predicted octanol–water partition coefficient (Wildman–Crippen LogP) is 2.91. The van der Waals surface area contributed by atoms with Gasteiger partial charge < -0.3 is 14.6 Å². The Labute approximate surface area is 150 Å². The first-order valence-electron chi connectivity index (χ1n) is 9.16. The van der Waals surface area contributed by atoms with Gasteiger partial charge in [-0.3, -0.25) is 4.79 Å². The van der Waals surface area contributed by atoms with Crippen molar-refractivity contribution in [3.05, 3.63) is 35.7 Å². The van der Waals surface area contributed by atoms with Gasteiger partial charge in [0, 0.05) is 19.5 Å². The number of aryl methyl sites for hydroxylation is 1. The van der Waals surface area contributed by atoms with Crippen LogP contribution in [-0.2, 0) is 17.8 Å². The smallest absolute Gasteiger partial charge is 0.181 e. The summed E-state index contributed by atoms with van der Waals surface area (Å²) >= 11 is 0. The number of hydrogen-bond donors (Lipinski definition) is 1. The Bertz CT molecular complexity index is 730. The first-order chi connectivity index (χ1) is 12.1. The SMILES string of the molecule is CCCc1nc2cc(/C=C/C(=O)CO)ccc2n1CCN(CC)CC. The monoisotopic (exact) mass is 343 g/mol. The van der Waals surface area contributed by atoms with Crippen LogP contribution in [0.25, 0.3) is 17.1 Å². The second-order valence-electron chi connectivity index (χ2n) is 6.16. The number of aliphatic hydroxyl groups is 1. The maximum Gasteiger partial charge on any atom is 0.181 e. The summed E-state index contributed by atoms with van der Waals surface area (Å²) in [5.41, 5.74) is 3.02. The normalized spacial score (nSPS) is 11.9. The molecule has 2 rings (SSSR count). The van der Waals surface area contributed by atoms with E-state index in [4.69, 9.17) is 10.1 Å². The number of carbonyl (C=O) groups excluding carboxylic acids is 1. The zero-order valence-corrected chi connectivity index (χ0v) is 15.5. The van der Waals surface area contributed by atoms with Gasteiger partial charge >= 0.3 is 0 Å². The van der Waals surface area contributed by atoms with Crippen LogP contribution in [0.1, 0.15) is 38.6 Å². The average molecular weight is 343 g/mol. The molecule has 0 unspecified atom stereocenters. The van der Waals surface area contributed by atoms with Crippen LogP contribution >= 0.6 is 0 Å². The molecule has 1 aromatic heterocycles. The third kappa shape index (κ3) is 5.00. The van der Waals surface area contributed by atoms with Crippen molar-refractivity contribution >= 4 is 22.9 Å². The van der Waals surface area contributed by atoms with Crippen LogP contribution in [0.4, 0.5) is 0 Å². The number of aliphatic hydroxyl groups excluding tert-OH is 1. The Balaban J connectivity index is 2.31. The van der Waals surface area contributed by atoms with Crippen LogP contribution in [0, 0.1) is 0 Å². The molecule has 0 aliphatic heterocycles. The Morgan fingerprint density at radius 1 is 1.28 bits per heavy atom. The van der Waals surface area contributed by atoms with E-state index in [1.807, 2.05) is 12.1 Å². The fraction of sp³-hybridized carbons (Fsp3) is 0.500. The van der Waals surface area contributed by atoms with E-state index in [-0.39, 0.29) is 5.78 Å². The average Bonchev–Trinajstić information content (AvgIpc) is 2.97. The summed E-state index contributed by atoms with van der Waals surface area (Å²) in [4.78, 5) is 18.5. The van der Waals surface area contributed by atoms with E-state index < -0.39 is 6.61 Å². The molecule has 2 aromatic rings. The van der Waals surface area contributed by atoms with E-state index in [1.54, 1.807) is 6.08 Å². The van der Waals surface area contributed by atoms with Gasteiger partial charge in [-0.1, -0.05) is 32.9 Å². The lowest BCUT2D eigenvalue weighted by atomic mass is 10.1. The topological polar surface area (TPSA) is 58.4 Å². The van der Waals surface area contributed by atoms with Crippen molar-refractivity contribution in [2.24, 2.45) is 0 Å². The fourth-order valence-corrected chi connectivity index (χ4v) is 2.99. The van der Waals surface area contributed by atoms with Gasteiger partial charge in [0.05, 0.1) is 11.0 Å². The summed E-state index contributed by atoms with van der Waals surface area (Å²) in [7, 11) is 0. The van der Waals surface area contributed by atoms with Crippen LogP contribution in [0.5, 0.6) is 0 Å². The number of likely N-dealkylation sites (N-methyl/N-ethyl adjacent to an activating group) is 1. The molecule has 0 amide bonds. The van der Waals surface area contributed by atoms with E-state index in [0.29, 0.717) is 0 Å². The number of nitrogens with zero attached hydrogens (tertiary/aromatic N) is 3. The molecule has 5 heteroatoms. The number of carbonyl (C=O) groups is 1. The number of fused-ring (bicyclic) bond motifs is 1. The molecule has 0 radical (unpaired) electrons. The first kappa shape index (κ1) is 19.3. The molecule has 1 heterocycles. The second-order valence-corrected chi connectivity index (χ2v) is 6.16. The minimum atomic E-state index is -0.459. The van der Waals surface area contributed by atoms with Crippen LogP contribution < -0.4 is 0 Å². The molecule has 0 fully saturated rings. The van der Waals surface area contributed by atoms with E-state index >= 15 is 0 Å². The zero-order valence-electron chi connectivity index (χ0n) is 15.5. The van der Waals surface area contributed by atoms with Gasteiger partial charge in [0.15, 0.2) is 5.78 Å². The molecule has 25 heavy (non-hydrogen) atoms. The molecule has 0 saturated carbocycles. The minimum Gasteiger partial charge on any atom is -0.388 e. The number of rotatable bonds is 10. The number of imidazole rings is 1. The third-order valence-corrected chi connectivity index (χ3v) is 4.48. The Kier molecular flexibility index (Phi) is 7.34. The Hall–Kier alpha value is -1.98. The number of ketones is 1. The zero-order chi connectivity index (χ0) is 18.2. The third-order valence-electron chi connectivity index (χ3n) is 4.48. The Morgan fingerprint density at radius 2 is 2.04 bits per heavy atom. The molecule has 136 valence electrons. The van der Waals surface area contributed by atoms with Crippen molar-refractivity contribution < 1.29 is 9.90 Å². The highest BCUT2D eigenvalue weighted by Gasteiger charge is 2.11. The van der Waals surface area contributed by atoms with E-state index in [2.05, 4.69) is 36.3 Å². The largest absolute Gasteiger partial charge is 0.388 e. The molecular formula is C20H29N3O2. The van der Waals surface area contributed by atoms with E-state index in [0.717, 1.165) is 61.4 Å². The lowest BCUT2D eigenvalue weighted by Gasteiger charge is -2.19. The molecule has 0 bridgehead atoms. The van der Waals surface area contributed by atoms with Crippen molar-refractivity contribution in [1.29, 1.82) is 0 Å². The van der Waals surface area contributed by atoms with Crippen LogP contribution in [0.15, 0.2) is 24.3 Å². The molecule has 0 aliphatic carbocycles. The molecule has 0 aliphatic rings. The van der Waals surface area contributed by atoms with Gasteiger partial charge in [0.2, 0.25) is 0 Å². The quantitative estimate of drug-likeness (QED) is 0.674. The highest BCUT2D eigenvalue weighted by Crippen LogP contribution is 2.20. The summed E-state index contributed by atoms with van der Waals surface area (Å²) in [6, 6.07) is 6.07. The molecule has 0 spiro atoms. The van der Waals surface area contributed by atoms with Crippen molar-refractivity contribution in [1.82, 2.24) is 14.5 Å². The van der Waals surface area contributed by atoms with Crippen LogP contribution in [0.2, 0.25) is 0 Å². The predicted molar refractivity (Wildman–Crippen MR) is 103 cm³/mol. The van der Waals surface area contributed by atoms with Crippen molar-refractivity contribution in [3.63, 3.8) is 0 Å². The maximum absolute atomic E-state index is 11.2. The highest BCUT2D eigenvalue weighted by atomic mass is 16.3. The Morgan fingerprint density at radius 3 is 2.68 bits per heavy atom. The fourth-order valence-electron chi connectivity index (χ4n) is 2.99. The lowest BCUT2D eigenvalue weighted by molar-refractivity contribution is -0.117. The molecular weight excluding hydrogens is 314 g/mol. The summed E-state index contributed by atoms with van der Waals surface area (Å²) in [6.07, 6.45) is 5.16. The minimum absolute atomic E-state index is 0.295. The standard InChI is InChI=1S/C20H29N3O2/c1-4-7-20-21-18-14-16(8-10-17(25)15-24)9-11-19(18)23(20)13-12-22(5-2)6-3/h8-11,14,24H,4-7,12-13,15H2,1-3H3/b10-8+. The number of aromatic nitrogens is 2. The first-order valence-corrected chi connectivity index (χ1v) is 9.16. The maximum atomic E-state index is 11.2. The van der Waals surface area contributed by atoms with Crippen LogP contribution in [-0.4, -0.2) is 51.6 Å². The van der Waals surface area contributed by atoms with Crippen molar-refractivity contribution in [2.75, 3.05) is 26.2 Å². The van der Waals surface area contributed by atoms with E-state index in [1.165, 1.54) is 6.08 Å². The van der Waals surface area contributed by atoms with Gasteiger partial charge in [-0.25, -0.2) is 4.98 Å². The molecule has 0 atom stereocenters. The van der Waals surface area contributed by atoms with Crippen LogP contribution in [0.3, 0.4) is 0 Å². The van der Waals surface area contributed by atoms with Gasteiger partial charge in [0.25, 0.3) is 0 Å².